The van der Waals surface area contributed by atoms with Gasteiger partial charge < -0.3 is 16.0 Å². The van der Waals surface area contributed by atoms with Crippen LogP contribution in [0, 0.1) is 5.92 Å². The van der Waals surface area contributed by atoms with Gasteiger partial charge in [0.05, 0.1) is 0 Å². The number of rotatable bonds is 4. The minimum atomic E-state index is -0.510. The fourth-order valence-electron chi connectivity index (χ4n) is 2.46. The highest BCUT2D eigenvalue weighted by atomic mass is 16.2. The van der Waals surface area contributed by atoms with Crippen LogP contribution in [0.15, 0.2) is 24.3 Å². The van der Waals surface area contributed by atoms with Crippen molar-refractivity contribution in [3.05, 3.63) is 35.4 Å². The number of nitrogens with two attached hydrogens (primary N) is 1. The van der Waals surface area contributed by atoms with Gasteiger partial charge in [-0.25, -0.2) is 0 Å². The molecule has 2 amide bonds. The molecule has 0 bridgehead atoms. The van der Waals surface area contributed by atoms with E-state index in [4.69, 9.17) is 5.73 Å². The van der Waals surface area contributed by atoms with Crippen molar-refractivity contribution in [2.75, 3.05) is 26.7 Å². The molecule has 1 aromatic rings. The molecule has 5 heteroatoms. The third-order valence-corrected chi connectivity index (χ3v) is 3.46. The van der Waals surface area contributed by atoms with Gasteiger partial charge in [-0.05, 0) is 44.1 Å². The predicted octanol–water partition coefficient (Wildman–Crippen LogP) is 0.467. The summed E-state index contributed by atoms with van der Waals surface area (Å²) >= 11 is 0. The Morgan fingerprint density at radius 2 is 2.16 bits per heavy atom. The molecule has 19 heavy (non-hydrogen) atoms. The molecule has 0 spiro atoms. The Balaban J connectivity index is 2.08. The summed E-state index contributed by atoms with van der Waals surface area (Å²) in [5.41, 5.74) is 6.13. The molecule has 102 valence electrons. The number of hydrogen-bond acceptors (Lipinski definition) is 3. The quantitative estimate of drug-likeness (QED) is 0.827. The van der Waals surface area contributed by atoms with E-state index >= 15 is 0 Å². The summed E-state index contributed by atoms with van der Waals surface area (Å²) in [5.74, 6) is -0.0286. The Morgan fingerprint density at radius 3 is 2.84 bits per heavy atom. The Kier molecular flexibility index (Phi) is 4.16. The average molecular weight is 261 g/mol. The highest BCUT2D eigenvalue weighted by molar-refractivity contribution is 5.99. The number of carbonyl (C=O) groups is 2. The van der Waals surface area contributed by atoms with Gasteiger partial charge in [0, 0.05) is 24.2 Å². The topological polar surface area (TPSA) is 75.4 Å². The van der Waals surface area contributed by atoms with Crippen molar-refractivity contribution in [3.8, 4) is 0 Å². The molecule has 1 fully saturated rings. The van der Waals surface area contributed by atoms with Crippen LogP contribution < -0.4 is 11.1 Å². The third kappa shape index (κ3) is 3.12. The lowest BCUT2D eigenvalue weighted by Gasteiger charge is -2.16. The summed E-state index contributed by atoms with van der Waals surface area (Å²) < 4.78 is 0. The summed E-state index contributed by atoms with van der Waals surface area (Å²) in [7, 11) is 1.92. The van der Waals surface area contributed by atoms with Crippen LogP contribution in [0.1, 0.15) is 27.1 Å². The standard InChI is InChI=1S/C14H19N3O2/c1-16-8-10-5-6-17(9-10)14(19)12-4-2-3-11(7-12)13(15)18/h2-4,7,10,16H,5-6,8-9H2,1H3,(H2,15,18). The summed E-state index contributed by atoms with van der Waals surface area (Å²) in [4.78, 5) is 25.3. The van der Waals surface area contributed by atoms with Crippen LogP contribution in [0.4, 0.5) is 0 Å². The first kappa shape index (κ1) is 13.5. The molecule has 5 nitrogen and oxygen atoms in total. The van der Waals surface area contributed by atoms with Crippen molar-refractivity contribution >= 4 is 11.8 Å². The second-order valence-corrected chi connectivity index (χ2v) is 4.91. The molecule has 1 atom stereocenters. The highest BCUT2D eigenvalue weighted by Crippen LogP contribution is 2.18. The zero-order valence-corrected chi connectivity index (χ0v) is 11.1. The third-order valence-electron chi connectivity index (χ3n) is 3.46. The number of hydrogen-bond donors (Lipinski definition) is 2. The number of nitrogens with one attached hydrogen (secondary N) is 1. The second-order valence-electron chi connectivity index (χ2n) is 4.91. The Morgan fingerprint density at radius 1 is 1.42 bits per heavy atom. The lowest BCUT2D eigenvalue weighted by molar-refractivity contribution is 0.0787. The first-order valence-electron chi connectivity index (χ1n) is 6.45. The fourth-order valence-corrected chi connectivity index (χ4v) is 2.46. The summed E-state index contributed by atoms with van der Waals surface area (Å²) in [6.07, 6.45) is 1.02. The molecule has 2 rings (SSSR count). The van der Waals surface area contributed by atoms with E-state index in [1.165, 1.54) is 0 Å². The van der Waals surface area contributed by atoms with E-state index in [0.717, 1.165) is 26.1 Å². The van der Waals surface area contributed by atoms with Crippen LogP contribution in [-0.2, 0) is 0 Å². The number of nitrogens with zero attached hydrogens (tertiary/aromatic N) is 1. The normalized spacial score (nSPS) is 18.6. The number of carbonyl (C=O) groups excluding carboxylic acids is 2. The lowest BCUT2D eigenvalue weighted by atomic mass is 10.1. The van der Waals surface area contributed by atoms with E-state index in [0.29, 0.717) is 17.0 Å². The van der Waals surface area contributed by atoms with E-state index in [9.17, 15) is 9.59 Å². The van der Waals surface area contributed by atoms with Crippen molar-refractivity contribution in [2.45, 2.75) is 6.42 Å². The van der Waals surface area contributed by atoms with Gasteiger partial charge in [-0.3, -0.25) is 9.59 Å². The van der Waals surface area contributed by atoms with Crippen LogP contribution >= 0.6 is 0 Å². The summed E-state index contributed by atoms with van der Waals surface area (Å²) in [6.45, 7) is 2.46. The molecule has 0 saturated carbocycles. The Labute approximate surface area is 112 Å². The monoisotopic (exact) mass is 261 g/mol. The van der Waals surface area contributed by atoms with E-state index in [2.05, 4.69) is 5.32 Å². The largest absolute Gasteiger partial charge is 0.366 e. The fraction of sp³-hybridized carbons (Fsp3) is 0.429. The molecule has 1 unspecified atom stereocenters. The molecular weight excluding hydrogens is 242 g/mol. The van der Waals surface area contributed by atoms with Gasteiger partial charge in [0.25, 0.3) is 5.91 Å². The smallest absolute Gasteiger partial charge is 0.253 e. The molecule has 1 aromatic carbocycles. The van der Waals surface area contributed by atoms with Gasteiger partial charge in [-0.2, -0.15) is 0 Å². The van der Waals surface area contributed by atoms with E-state index in [1.807, 2.05) is 11.9 Å². The molecule has 1 aliphatic rings. The maximum atomic E-state index is 12.3. The molecule has 0 aromatic heterocycles. The van der Waals surface area contributed by atoms with Gasteiger partial charge in [0.2, 0.25) is 5.91 Å². The molecular formula is C14H19N3O2. The first-order chi connectivity index (χ1) is 9.11. The molecule has 0 radical (unpaired) electrons. The van der Waals surface area contributed by atoms with Crippen molar-refractivity contribution in [1.82, 2.24) is 10.2 Å². The van der Waals surface area contributed by atoms with Crippen molar-refractivity contribution in [1.29, 1.82) is 0 Å². The van der Waals surface area contributed by atoms with Crippen LogP contribution in [0.25, 0.3) is 0 Å². The molecule has 3 N–H and O–H groups in total. The second kappa shape index (κ2) is 5.84. The maximum Gasteiger partial charge on any atom is 0.253 e. The zero-order valence-electron chi connectivity index (χ0n) is 11.1. The Bertz CT molecular complexity index is 487. The maximum absolute atomic E-state index is 12.3. The van der Waals surface area contributed by atoms with Crippen LogP contribution in [0.5, 0.6) is 0 Å². The molecule has 1 aliphatic heterocycles. The van der Waals surface area contributed by atoms with E-state index in [1.54, 1.807) is 24.3 Å². The van der Waals surface area contributed by atoms with Gasteiger partial charge in [0.1, 0.15) is 0 Å². The number of primary amides is 1. The molecule has 1 heterocycles. The average Bonchev–Trinajstić information content (AvgIpc) is 2.87. The van der Waals surface area contributed by atoms with Crippen molar-refractivity contribution in [2.24, 2.45) is 11.7 Å². The van der Waals surface area contributed by atoms with Crippen LogP contribution in [-0.4, -0.2) is 43.4 Å². The SMILES string of the molecule is CNCC1CCN(C(=O)c2cccc(C(N)=O)c2)C1. The highest BCUT2D eigenvalue weighted by Gasteiger charge is 2.26. The predicted molar refractivity (Wildman–Crippen MR) is 72.9 cm³/mol. The van der Waals surface area contributed by atoms with Crippen molar-refractivity contribution < 1.29 is 9.59 Å². The summed E-state index contributed by atoms with van der Waals surface area (Å²) in [5, 5.41) is 3.13. The molecule has 0 aliphatic carbocycles. The van der Waals surface area contributed by atoms with Crippen LogP contribution in [0.3, 0.4) is 0 Å². The van der Waals surface area contributed by atoms with E-state index in [-0.39, 0.29) is 5.91 Å². The van der Waals surface area contributed by atoms with Gasteiger partial charge in [0.15, 0.2) is 0 Å². The van der Waals surface area contributed by atoms with Crippen LogP contribution in [0.2, 0.25) is 0 Å². The minimum absolute atomic E-state index is 0.0262. The van der Waals surface area contributed by atoms with E-state index < -0.39 is 5.91 Å². The lowest BCUT2D eigenvalue weighted by Crippen LogP contribution is -2.30. The molecule has 1 saturated heterocycles. The first-order valence-corrected chi connectivity index (χ1v) is 6.45. The number of likely N-dealkylation sites (tertiary alicyclic amines) is 1. The minimum Gasteiger partial charge on any atom is -0.366 e. The Hall–Kier alpha value is -1.88. The summed E-state index contributed by atoms with van der Waals surface area (Å²) in [6, 6.07) is 6.59. The van der Waals surface area contributed by atoms with Gasteiger partial charge in [-0.1, -0.05) is 6.07 Å². The van der Waals surface area contributed by atoms with Gasteiger partial charge in [-0.15, -0.1) is 0 Å². The van der Waals surface area contributed by atoms with Crippen molar-refractivity contribution in [3.63, 3.8) is 0 Å². The number of amides is 2. The number of benzene rings is 1. The zero-order chi connectivity index (χ0) is 13.8. The van der Waals surface area contributed by atoms with Gasteiger partial charge >= 0.3 is 0 Å².